The smallest absolute Gasteiger partial charge is 0.323 e. The van der Waals surface area contributed by atoms with Gasteiger partial charge < -0.3 is 10.2 Å². The summed E-state index contributed by atoms with van der Waals surface area (Å²) in [7, 11) is 0. The number of nitrogens with one attached hydrogen (secondary N) is 2. The summed E-state index contributed by atoms with van der Waals surface area (Å²) in [5, 5.41) is 10.9. The van der Waals surface area contributed by atoms with E-state index in [1.165, 1.54) is 6.92 Å². The molecule has 3 amide bonds. The van der Waals surface area contributed by atoms with Crippen LogP contribution in [0.4, 0.5) is 10.6 Å². The van der Waals surface area contributed by atoms with E-state index in [4.69, 9.17) is 11.6 Å². The highest BCUT2D eigenvalue weighted by molar-refractivity contribution is 6.30. The van der Waals surface area contributed by atoms with Gasteiger partial charge in [0.25, 0.3) is 0 Å². The van der Waals surface area contributed by atoms with Crippen molar-refractivity contribution in [1.29, 1.82) is 0 Å². The van der Waals surface area contributed by atoms with Gasteiger partial charge in [0.2, 0.25) is 5.91 Å². The molecule has 1 aromatic heterocycles. The number of carbonyl (C=O) groups excluding carboxylic acids is 2. The molecule has 3 rings (SSSR count). The number of aromatic nitrogens is 2. The molecule has 1 aliphatic rings. The summed E-state index contributed by atoms with van der Waals surface area (Å²) in [6, 6.07) is 9.21. The number of rotatable bonds is 4. The average Bonchev–Trinajstić information content (AvgIpc) is 3.14. The van der Waals surface area contributed by atoms with Crippen molar-refractivity contribution < 1.29 is 9.59 Å². The molecule has 1 aliphatic heterocycles. The van der Waals surface area contributed by atoms with Crippen molar-refractivity contribution in [2.75, 3.05) is 18.4 Å². The number of halogens is 1. The Kier molecular flexibility index (Phi) is 5.46. The van der Waals surface area contributed by atoms with Gasteiger partial charge in [-0.1, -0.05) is 23.7 Å². The number of urea groups is 1. The summed E-state index contributed by atoms with van der Waals surface area (Å²) in [5.41, 5.74) is 1.82. The zero-order chi connectivity index (χ0) is 18.7. The van der Waals surface area contributed by atoms with Crippen molar-refractivity contribution in [2.24, 2.45) is 0 Å². The topological polar surface area (TPSA) is 79.3 Å². The number of anilines is 1. The van der Waals surface area contributed by atoms with Crippen LogP contribution >= 0.6 is 11.6 Å². The Bertz CT molecular complexity index is 820. The molecular weight excluding hydrogens is 354 g/mol. The van der Waals surface area contributed by atoms with Crippen LogP contribution in [0.15, 0.2) is 30.3 Å². The lowest BCUT2D eigenvalue weighted by atomic mass is 10.2. The normalized spacial score (nSPS) is 16.6. The lowest BCUT2D eigenvalue weighted by molar-refractivity contribution is -0.119. The first-order valence-electron chi connectivity index (χ1n) is 8.52. The third-order valence-corrected chi connectivity index (χ3v) is 4.48. The molecular formula is C18H22ClN5O2. The van der Waals surface area contributed by atoms with Crippen LogP contribution in [0.25, 0.3) is 0 Å². The quantitative estimate of drug-likeness (QED) is 0.862. The van der Waals surface area contributed by atoms with E-state index in [0.717, 1.165) is 17.7 Å². The number of amides is 3. The van der Waals surface area contributed by atoms with Crippen LogP contribution in [0.3, 0.4) is 0 Å². The zero-order valence-corrected chi connectivity index (χ0v) is 15.6. The minimum Gasteiger partial charge on any atom is -0.352 e. The minimum absolute atomic E-state index is 0.0105. The van der Waals surface area contributed by atoms with Crippen molar-refractivity contribution in [2.45, 2.75) is 32.9 Å². The van der Waals surface area contributed by atoms with Crippen LogP contribution in [0.5, 0.6) is 0 Å². The monoisotopic (exact) mass is 375 g/mol. The number of nitrogens with zero attached hydrogens (tertiary/aromatic N) is 3. The van der Waals surface area contributed by atoms with Gasteiger partial charge in [-0.3, -0.25) is 10.1 Å². The summed E-state index contributed by atoms with van der Waals surface area (Å²) >= 11 is 6.04. The largest absolute Gasteiger partial charge is 0.352 e. The molecule has 1 fully saturated rings. The van der Waals surface area contributed by atoms with Crippen LogP contribution in [0.2, 0.25) is 5.02 Å². The fraction of sp³-hybridized carbons (Fsp3) is 0.389. The standard InChI is InChI=1S/C18H22ClN5O2/c1-12-8-17(24(22-12)10-14-4-3-5-15(19)9-14)21-18(26)23-7-6-16(11-23)20-13(2)25/h3-5,8-9,16H,6-7,10-11H2,1-2H3,(H,20,25)(H,21,26). The fourth-order valence-corrected chi connectivity index (χ4v) is 3.33. The van der Waals surface area contributed by atoms with Gasteiger partial charge in [0.15, 0.2) is 0 Å². The summed E-state index contributed by atoms with van der Waals surface area (Å²) in [5.74, 6) is 0.558. The first-order valence-corrected chi connectivity index (χ1v) is 8.90. The highest BCUT2D eigenvalue weighted by atomic mass is 35.5. The summed E-state index contributed by atoms with van der Waals surface area (Å²) in [6.07, 6.45) is 0.758. The molecule has 26 heavy (non-hydrogen) atoms. The van der Waals surface area contributed by atoms with Gasteiger partial charge in [-0.2, -0.15) is 5.10 Å². The molecule has 2 N–H and O–H groups in total. The predicted octanol–water partition coefficient (Wildman–Crippen LogP) is 2.64. The Labute approximate surface area is 157 Å². The highest BCUT2D eigenvalue weighted by Crippen LogP contribution is 2.17. The summed E-state index contributed by atoms with van der Waals surface area (Å²) < 4.78 is 1.75. The summed E-state index contributed by atoms with van der Waals surface area (Å²) in [4.78, 5) is 25.4. The Morgan fingerprint density at radius 1 is 1.35 bits per heavy atom. The second-order valence-electron chi connectivity index (χ2n) is 6.52. The van der Waals surface area contributed by atoms with E-state index < -0.39 is 0 Å². The van der Waals surface area contributed by atoms with Crippen molar-refractivity contribution in [1.82, 2.24) is 20.0 Å². The van der Waals surface area contributed by atoms with E-state index in [1.807, 2.05) is 37.3 Å². The van der Waals surface area contributed by atoms with Crippen LogP contribution in [-0.2, 0) is 11.3 Å². The fourth-order valence-electron chi connectivity index (χ4n) is 3.11. The highest BCUT2D eigenvalue weighted by Gasteiger charge is 2.27. The second-order valence-corrected chi connectivity index (χ2v) is 6.96. The molecule has 1 unspecified atom stereocenters. The third kappa shape index (κ3) is 4.54. The molecule has 8 heteroatoms. The zero-order valence-electron chi connectivity index (χ0n) is 14.8. The molecule has 2 aromatic rings. The third-order valence-electron chi connectivity index (χ3n) is 4.24. The van der Waals surface area contributed by atoms with Crippen molar-refractivity contribution in [3.63, 3.8) is 0 Å². The maximum Gasteiger partial charge on any atom is 0.323 e. The Balaban J connectivity index is 1.66. The first-order chi connectivity index (χ1) is 12.4. The Morgan fingerprint density at radius 2 is 2.15 bits per heavy atom. The molecule has 7 nitrogen and oxygen atoms in total. The second kappa shape index (κ2) is 7.78. The first kappa shape index (κ1) is 18.3. The molecule has 0 saturated carbocycles. The van der Waals surface area contributed by atoms with Crippen molar-refractivity contribution in [3.8, 4) is 0 Å². The molecule has 0 aliphatic carbocycles. The van der Waals surface area contributed by atoms with Crippen LogP contribution < -0.4 is 10.6 Å². The van der Waals surface area contributed by atoms with Gasteiger partial charge in [-0.15, -0.1) is 0 Å². The molecule has 1 atom stereocenters. The minimum atomic E-state index is -0.190. The Morgan fingerprint density at radius 3 is 2.88 bits per heavy atom. The molecule has 1 aromatic carbocycles. The van der Waals surface area contributed by atoms with E-state index in [0.29, 0.717) is 30.5 Å². The molecule has 2 heterocycles. The number of likely N-dealkylation sites (tertiary alicyclic amines) is 1. The van der Waals surface area contributed by atoms with Crippen LogP contribution in [0, 0.1) is 6.92 Å². The van der Waals surface area contributed by atoms with Gasteiger partial charge in [0.05, 0.1) is 12.2 Å². The molecule has 0 radical (unpaired) electrons. The van der Waals surface area contributed by atoms with Gasteiger partial charge in [-0.05, 0) is 31.0 Å². The van der Waals surface area contributed by atoms with Crippen LogP contribution in [-0.4, -0.2) is 45.8 Å². The number of aryl methyl sites for hydroxylation is 1. The Hall–Kier alpha value is -2.54. The molecule has 0 spiro atoms. The van der Waals surface area contributed by atoms with Gasteiger partial charge in [0, 0.05) is 37.1 Å². The molecule has 1 saturated heterocycles. The van der Waals surface area contributed by atoms with Gasteiger partial charge in [0.1, 0.15) is 5.82 Å². The number of hydrogen-bond acceptors (Lipinski definition) is 3. The number of hydrogen-bond donors (Lipinski definition) is 2. The van der Waals surface area contributed by atoms with E-state index in [1.54, 1.807) is 9.58 Å². The van der Waals surface area contributed by atoms with Gasteiger partial charge >= 0.3 is 6.03 Å². The molecule has 0 bridgehead atoms. The van der Waals surface area contributed by atoms with E-state index >= 15 is 0 Å². The summed E-state index contributed by atoms with van der Waals surface area (Å²) in [6.45, 7) is 5.00. The van der Waals surface area contributed by atoms with Gasteiger partial charge in [-0.25, -0.2) is 9.48 Å². The maximum atomic E-state index is 12.6. The number of benzene rings is 1. The van der Waals surface area contributed by atoms with Crippen molar-refractivity contribution in [3.05, 3.63) is 46.6 Å². The van der Waals surface area contributed by atoms with Crippen molar-refractivity contribution >= 4 is 29.4 Å². The average molecular weight is 376 g/mol. The van der Waals surface area contributed by atoms with E-state index in [-0.39, 0.29) is 18.0 Å². The number of carbonyl (C=O) groups is 2. The van der Waals surface area contributed by atoms with E-state index in [9.17, 15) is 9.59 Å². The van der Waals surface area contributed by atoms with Crippen LogP contribution in [0.1, 0.15) is 24.6 Å². The maximum absolute atomic E-state index is 12.6. The SMILES string of the molecule is CC(=O)NC1CCN(C(=O)Nc2cc(C)nn2Cc2cccc(Cl)c2)C1. The predicted molar refractivity (Wildman–Crippen MR) is 100 cm³/mol. The van der Waals surface area contributed by atoms with E-state index in [2.05, 4.69) is 15.7 Å². The lowest BCUT2D eigenvalue weighted by Crippen LogP contribution is -2.39. The lowest BCUT2D eigenvalue weighted by Gasteiger charge is -2.18. The molecule has 138 valence electrons.